The maximum atomic E-state index is 11.9. The lowest BCUT2D eigenvalue weighted by Crippen LogP contribution is -2.23. The number of carbonyl (C=O) groups is 1. The van der Waals surface area contributed by atoms with Crippen molar-refractivity contribution in [2.24, 2.45) is 0 Å². The van der Waals surface area contributed by atoms with Gasteiger partial charge in [-0.3, -0.25) is 4.52 Å². The molecule has 0 rings (SSSR count). The van der Waals surface area contributed by atoms with Gasteiger partial charge in [0.25, 0.3) is 0 Å². The van der Waals surface area contributed by atoms with Gasteiger partial charge in [-0.2, -0.15) is 26.3 Å². The van der Waals surface area contributed by atoms with Crippen LogP contribution < -0.4 is 0 Å². The third kappa shape index (κ3) is 8.39. The Morgan fingerprint density at radius 2 is 1.50 bits per heavy atom. The van der Waals surface area contributed by atoms with Crippen molar-refractivity contribution in [3.05, 3.63) is 0 Å². The maximum Gasteiger partial charge on any atom is 0.438 e. The molecule has 5 nitrogen and oxygen atoms in total. The first-order valence-corrected chi connectivity index (χ1v) is 6.64. The van der Waals surface area contributed by atoms with Crippen LogP contribution in [0, 0.1) is 0 Å². The number of carbonyl (C=O) groups excluding carboxylic acids is 1. The molecule has 0 heterocycles. The van der Waals surface area contributed by atoms with Crippen molar-refractivity contribution in [2.75, 3.05) is 19.8 Å². The molecule has 0 N–H and O–H groups in total. The molecule has 0 bridgehead atoms. The molecule has 1 atom stereocenters. The van der Waals surface area contributed by atoms with Crippen LogP contribution in [-0.2, 0) is 18.3 Å². The molecule has 20 heavy (non-hydrogen) atoms. The highest BCUT2D eigenvalue weighted by molar-refractivity contribution is 7.71. The van der Waals surface area contributed by atoms with Gasteiger partial charge in [0.1, 0.15) is 0 Å². The molecule has 0 aliphatic carbocycles. The lowest BCUT2D eigenvalue weighted by Gasteiger charge is -2.18. The third-order valence-electron chi connectivity index (χ3n) is 1.45. The topological polar surface area (TPSA) is 61.8 Å². The third-order valence-corrected chi connectivity index (χ3v) is 3.01. The van der Waals surface area contributed by atoms with Crippen LogP contribution in [0.3, 0.4) is 0 Å². The van der Waals surface area contributed by atoms with E-state index in [4.69, 9.17) is 0 Å². The summed E-state index contributed by atoms with van der Waals surface area (Å²) in [6.07, 6.45) is -9.71. The Bertz CT molecular complexity index is 365. The number of alkyl halides is 6. The van der Waals surface area contributed by atoms with E-state index in [1.807, 2.05) is 0 Å². The van der Waals surface area contributed by atoms with E-state index in [0.717, 1.165) is 0 Å². The normalized spacial score (nSPS) is 15.8. The second-order valence-corrected chi connectivity index (χ2v) is 5.27. The molecule has 0 amide bonds. The van der Waals surface area contributed by atoms with Crippen molar-refractivity contribution in [3.8, 4) is 0 Å². The van der Waals surface area contributed by atoms with Crippen molar-refractivity contribution >= 4 is 13.3 Å². The summed E-state index contributed by atoms with van der Waals surface area (Å²) in [7, 11) is -5.09. The van der Waals surface area contributed by atoms with Crippen molar-refractivity contribution in [1.29, 1.82) is 0 Å². The number of rotatable bonds is 7. The Morgan fingerprint density at radius 3 is 1.90 bits per heavy atom. The van der Waals surface area contributed by atoms with Crippen molar-refractivity contribution in [1.82, 2.24) is 0 Å². The fourth-order valence-electron chi connectivity index (χ4n) is 0.735. The van der Waals surface area contributed by atoms with Crippen LogP contribution >= 0.6 is 7.60 Å². The lowest BCUT2D eigenvalue weighted by molar-refractivity contribution is -0.161. The zero-order chi connectivity index (χ0) is 16.0. The number of hydrogen-bond acceptors (Lipinski definition) is 5. The van der Waals surface area contributed by atoms with E-state index in [0.29, 0.717) is 0 Å². The summed E-state index contributed by atoms with van der Waals surface area (Å²) in [5, 5.41) is 0. The highest BCUT2D eigenvalue weighted by Gasteiger charge is 2.43. The SMILES string of the molecule is CCCOP(=O)(OCC(F)(F)F)C(=O)OCC(F)(F)F. The molecule has 0 aromatic rings. The minimum atomic E-state index is -5.09. The summed E-state index contributed by atoms with van der Waals surface area (Å²) in [6, 6.07) is 0. The fourth-order valence-corrected chi connectivity index (χ4v) is 1.98. The zero-order valence-corrected chi connectivity index (χ0v) is 11.0. The molecule has 0 fully saturated rings. The average Bonchev–Trinajstić information content (AvgIpc) is 2.29. The molecule has 0 aliphatic rings. The molecule has 0 saturated heterocycles. The van der Waals surface area contributed by atoms with Gasteiger partial charge in [-0.05, 0) is 6.42 Å². The number of ether oxygens (including phenoxy) is 1. The Kier molecular flexibility index (Phi) is 6.99. The zero-order valence-electron chi connectivity index (χ0n) is 10.1. The Hall–Kier alpha value is -0.800. The maximum absolute atomic E-state index is 11.9. The van der Waals surface area contributed by atoms with Crippen LogP contribution in [-0.4, -0.2) is 37.9 Å². The van der Waals surface area contributed by atoms with E-state index in [-0.39, 0.29) is 6.42 Å². The molecule has 0 aromatic heterocycles. The van der Waals surface area contributed by atoms with Gasteiger partial charge in [0, 0.05) is 0 Å². The minimum Gasteiger partial charge on any atom is -0.447 e. The molecule has 0 aliphatic heterocycles. The second kappa shape index (κ2) is 7.28. The Morgan fingerprint density at radius 1 is 1.00 bits per heavy atom. The molecular weight excluding hydrogens is 321 g/mol. The number of hydrogen-bond donors (Lipinski definition) is 0. The molecule has 0 radical (unpaired) electrons. The van der Waals surface area contributed by atoms with Crippen LogP contribution in [0.4, 0.5) is 31.1 Å². The van der Waals surface area contributed by atoms with E-state index < -0.39 is 45.5 Å². The lowest BCUT2D eigenvalue weighted by atomic mass is 10.5. The summed E-state index contributed by atoms with van der Waals surface area (Å²) >= 11 is 0. The first-order valence-electron chi connectivity index (χ1n) is 5.09. The standard InChI is InChI=1S/C8H11F6O5P/c1-2-3-18-20(16,19-5-8(12,13)14)6(15)17-4-7(9,10)11/h2-5H2,1H3. The largest absolute Gasteiger partial charge is 0.447 e. The van der Waals surface area contributed by atoms with E-state index in [2.05, 4.69) is 13.8 Å². The van der Waals surface area contributed by atoms with Gasteiger partial charge in [-0.25, -0.2) is 9.36 Å². The smallest absolute Gasteiger partial charge is 0.438 e. The highest BCUT2D eigenvalue weighted by Crippen LogP contribution is 2.51. The first kappa shape index (κ1) is 19.2. The second-order valence-electron chi connectivity index (χ2n) is 3.39. The molecule has 0 spiro atoms. The molecule has 0 saturated carbocycles. The van der Waals surface area contributed by atoms with Crippen LogP contribution in [0.1, 0.15) is 13.3 Å². The van der Waals surface area contributed by atoms with Crippen LogP contribution in [0.5, 0.6) is 0 Å². The monoisotopic (exact) mass is 332 g/mol. The first-order chi connectivity index (χ1) is 8.90. The molecule has 1 unspecified atom stereocenters. The quantitative estimate of drug-likeness (QED) is 0.523. The summed E-state index contributed by atoms with van der Waals surface area (Å²) in [6.45, 7) is -3.21. The van der Waals surface area contributed by atoms with Crippen LogP contribution in [0.15, 0.2) is 0 Å². The summed E-state index contributed by atoms with van der Waals surface area (Å²) in [5.41, 5.74) is -2.12. The van der Waals surface area contributed by atoms with Gasteiger partial charge in [0.05, 0.1) is 6.61 Å². The Labute approximate surface area is 109 Å². The predicted octanol–water partition coefficient (Wildman–Crippen LogP) is 3.88. The van der Waals surface area contributed by atoms with Gasteiger partial charge in [-0.1, -0.05) is 6.92 Å². The van der Waals surface area contributed by atoms with E-state index in [9.17, 15) is 35.7 Å². The van der Waals surface area contributed by atoms with Gasteiger partial charge >= 0.3 is 25.7 Å². The van der Waals surface area contributed by atoms with Crippen LogP contribution in [0.25, 0.3) is 0 Å². The predicted molar refractivity (Wildman–Crippen MR) is 53.3 cm³/mol. The minimum absolute atomic E-state index is 0.145. The van der Waals surface area contributed by atoms with E-state index in [1.54, 1.807) is 0 Å². The molecule has 120 valence electrons. The molecule has 12 heteroatoms. The molecular formula is C8H11F6O5P. The van der Waals surface area contributed by atoms with Gasteiger partial charge in [0.2, 0.25) is 0 Å². The van der Waals surface area contributed by atoms with E-state index >= 15 is 0 Å². The van der Waals surface area contributed by atoms with Crippen LogP contribution in [0.2, 0.25) is 0 Å². The van der Waals surface area contributed by atoms with Crippen molar-refractivity contribution < 1.29 is 49.5 Å². The average molecular weight is 332 g/mol. The van der Waals surface area contributed by atoms with Gasteiger partial charge in [-0.15, -0.1) is 0 Å². The number of halogens is 6. The summed E-state index contributed by atoms with van der Waals surface area (Å²) < 4.78 is 94.5. The van der Waals surface area contributed by atoms with E-state index in [1.165, 1.54) is 6.92 Å². The summed E-state index contributed by atoms with van der Waals surface area (Å²) in [5.74, 6) is 0. The van der Waals surface area contributed by atoms with Crippen molar-refractivity contribution in [3.63, 3.8) is 0 Å². The van der Waals surface area contributed by atoms with Crippen molar-refractivity contribution in [2.45, 2.75) is 25.7 Å². The fraction of sp³-hybridized carbons (Fsp3) is 0.875. The van der Waals surface area contributed by atoms with Gasteiger partial charge < -0.3 is 9.26 Å². The highest BCUT2D eigenvalue weighted by atomic mass is 31.2. The Balaban J connectivity index is 4.75. The molecule has 0 aromatic carbocycles. The summed E-state index contributed by atoms with van der Waals surface area (Å²) in [4.78, 5) is 11.1. The van der Waals surface area contributed by atoms with Gasteiger partial charge in [0.15, 0.2) is 13.2 Å².